The lowest BCUT2D eigenvalue weighted by molar-refractivity contribution is 0.145. The number of H-pyrrole nitrogens is 1. The van der Waals surface area contributed by atoms with Gasteiger partial charge < -0.3 is 14.6 Å². The summed E-state index contributed by atoms with van der Waals surface area (Å²) in [5.41, 5.74) is 4.57. The summed E-state index contributed by atoms with van der Waals surface area (Å²) in [6.07, 6.45) is -1.40. The van der Waals surface area contributed by atoms with Crippen molar-refractivity contribution in [2.75, 3.05) is 6.61 Å². The van der Waals surface area contributed by atoms with Crippen LogP contribution in [0.15, 0.2) is 76.0 Å². The maximum atomic E-state index is 11.4. The van der Waals surface area contributed by atoms with Gasteiger partial charge in [-0.15, -0.1) is 0 Å². The molecule has 0 atom stereocenters. The summed E-state index contributed by atoms with van der Waals surface area (Å²) in [6.45, 7) is 2.63. The normalized spacial score (nSPS) is 11.0. The quantitative estimate of drug-likeness (QED) is 0.260. The molecule has 3 aromatic carbocycles. The van der Waals surface area contributed by atoms with E-state index in [2.05, 4.69) is 19.6 Å². The zero-order chi connectivity index (χ0) is 24.4. The first kappa shape index (κ1) is 22.0. The van der Waals surface area contributed by atoms with Gasteiger partial charge >= 0.3 is 11.9 Å². The highest BCUT2D eigenvalue weighted by Crippen LogP contribution is 2.32. The maximum Gasteiger partial charge on any atom is 0.511 e. The van der Waals surface area contributed by atoms with Crippen LogP contribution in [0.4, 0.5) is 4.79 Å². The molecule has 0 aliphatic heterocycles. The van der Waals surface area contributed by atoms with E-state index in [1.165, 1.54) is 0 Å². The lowest BCUT2D eigenvalue weighted by Crippen LogP contribution is -2.08. The zero-order valence-corrected chi connectivity index (χ0v) is 18.6. The van der Waals surface area contributed by atoms with Gasteiger partial charge in [-0.05, 0) is 35.7 Å². The van der Waals surface area contributed by atoms with Gasteiger partial charge in [0.15, 0.2) is 11.6 Å². The Bertz CT molecular complexity index is 1570. The maximum absolute atomic E-state index is 11.4. The van der Waals surface area contributed by atoms with E-state index in [1.54, 1.807) is 22.8 Å². The second kappa shape index (κ2) is 9.18. The van der Waals surface area contributed by atoms with Crippen LogP contribution in [-0.2, 0) is 6.54 Å². The molecule has 0 aliphatic rings. The minimum Gasteiger partial charge on any atom is -0.465 e. The van der Waals surface area contributed by atoms with Gasteiger partial charge in [-0.25, -0.2) is 9.59 Å². The topological polar surface area (TPSA) is 132 Å². The number of carboxylic acid groups (broad SMARTS) is 1. The zero-order valence-electron chi connectivity index (χ0n) is 18.6. The summed E-state index contributed by atoms with van der Waals surface area (Å²) in [7, 11) is 0. The molecule has 10 nitrogen and oxygen atoms in total. The number of aromatic nitrogens is 4. The van der Waals surface area contributed by atoms with E-state index in [4.69, 9.17) is 14.6 Å². The van der Waals surface area contributed by atoms with Gasteiger partial charge in [-0.2, -0.15) is 4.98 Å². The summed E-state index contributed by atoms with van der Waals surface area (Å²) < 4.78 is 17.2. The molecule has 2 N–H and O–H groups in total. The number of hydrogen-bond donors (Lipinski definition) is 2. The van der Waals surface area contributed by atoms with Crippen molar-refractivity contribution < 1.29 is 23.9 Å². The summed E-state index contributed by atoms with van der Waals surface area (Å²) in [4.78, 5) is 29.7. The molecule has 0 spiro atoms. The standard InChI is InChI=1S/C25H20N4O6/c1-2-33-23-26-19-8-5-9-20(34-25(31)32)21(19)29(23)14-15-10-12-16(13-11-15)17-6-3-4-7-18(17)22-27-24(30)35-28-22/h3-13H,2,14H2,1H3,(H,31,32)(H,27,28,30). The third-order valence-corrected chi connectivity index (χ3v) is 5.39. The molecular weight excluding hydrogens is 452 g/mol. The molecule has 10 heteroatoms. The van der Waals surface area contributed by atoms with Crippen molar-refractivity contribution >= 4 is 17.2 Å². The summed E-state index contributed by atoms with van der Waals surface area (Å²) in [5, 5.41) is 13.0. The Labute approximate surface area is 198 Å². The fourth-order valence-corrected chi connectivity index (χ4v) is 3.95. The highest BCUT2D eigenvalue weighted by atomic mass is 16.7. The molecule has 5 rings (SSSR count). The molecule has 0 saturated heterocycles. The van der Waals surface area contributed by atoms with E-state index >= 15 is 0 Å². The third-order valence-electron chi connectivity index (χ3n) is 5.39. The van der Waals surface area contributed by atoms with E-state index < -0.39 is 11.9 Å². The van der Waals surface area contributed by atoms with Crippen LogP contribution in [0.5, 0.6) is 11.8 Å². The Balaban J connectivity index is 1.51. The Morgan fingerprint density at radius 3 is 2.51 bits per heavy atom. The average molecular weight is 472 g/mol. The number of imidazole rings is 1. The van der Waals surface area contributed by atoms with Crippen LogP contribution in [-0.4, -0.2) is 37.6 Å². The summed E-state index contributed by atoms with van der Waals surface area (Å²) >= 11 is 0. The fourth-order valence-electron chi connectivity index (χ4n) is 3.95. The number of nitrogens with one attached hydrogen (secondary N) is 1. The second-order valence-electron chi connectivity index (χ2n) is 7.59. The monoisotopic (exact) mass is 472 g/mol. The van der Waals surface area contributed by atoms with E-state index in [-0.39, 0.29) is 5.75 Å². The van der Waals surface area contributed by atoms with Gasteiger partial charge in [-0.1, -0.05) is 59.8 Å². The van der Waals surface area contributed by atoms with Gasteiger partial charge in [0.25, 0.3) is 6.01 Å². The van der Waals surface area contributed by atoms with Crippen molar-refractivity contribution in [1.82, 2.24) is 19.7 Å². The predicted molar refractivity (Wildman–Crippen MR) is 127 cm³/mol. The highest BCUT2D eigenvalue weighted by molar-refractivity contribution is 5.85. The Morgan fingerprint density at radius 1 is 1.06 bits per heavy atom. The van der Waals surface area contributed by atoms with Crippen LogP contribution in [0.2, 0.25) is 0 Å². The van der Waals surface area contributed by atoms with Crippen LogP contribution >= 0.6 is 0 Å². The SMILES string of the molecule is CCOc1nc2cccc(OC(=O)O)c2n1Cc1ccc(-c2ccccc2-c2noc(=O)[nH]2)cc1. The largest absolute Gasteiger partial charge is 0.511 e. The van der Waals surface area contributed by atoms with E-state index in [0.29, 0.717) is 36.0 Å². The van der Waals surface area contributed by atoms with Crippen LogP contribution in [0.3, 0.4) is 0 Å². The predicted octanol–water partition coefficient (Wildman–Crippen LogP) is 4.55. The van der Waals surface area contributed by atoms with Crippen LogP contribution in [0.1, 0.15) is 12.5 Å². The summed E-state index contributed by atoms with van der Waals surface area (Å²) in [5.74, 6) is -0.0819. The molecule has 5 aromatic rings. The van der Waals surface area contributed by atoms with Crippen LogP contribution in [0.25, 0.3) is 33.5 Å². The number of para-hydroxylation sites is 1. The summed E-state index contributed by atoms with van der Waals surface area (Å²) in [6, 6.07) is 20.8. The molecular formula is C25H20N4O6. The van der Waals surface area contributed by atoms with Gasteiger partial charge in [0.2, 0.25) is 0 Å². The highest BCUT2D eigenvalue weighted by Gasteiger charge is 2.18. The van der Waals surface area contributed by atoms with Gasteiger partial charge in [-0.3, -0.25) is 14.1 Å². The Kier molecular flexibility index (Phi) is 5.76. The van der Waals surface area contributed by atoms with Gasteiger partial charge in [0.1, 0.15) is 5.52 Å². The molecule has 0 fully saturated rings. The van der Waals surface area contributed by atoms with Crippen molar-refractivity contribution in [3.63, 3.8) is 0 Å². The lowest BCUT2D eigenvalue weighted by atomic mass is 9.98. The molecule has 2 aromatic heterocycles. The Hall–Kier alpha value is -4.86. The molecule has 35 heavy (non-hydrogen) atoms. The average Bonchev–Trinajstić information content (AvgIpc) is 3.44. The number of hydrogen-bond acceptors (Lipinski definition) is 7. The minimum atomic E-state index is -1.40. The van der Waals surface area contributed by atoms with Crippen LogP contribution in [0, 0.1) is 0 Å². The first-order chi connectivity index (χ1) is 17.0. The molecule has 176 valence electrons. The first-order valence-electron chi connectivity index (χ1n) is 10.8. The van der Waals surface area contributed by atoms with Crippen LogP contribution < -0.4 is 15.2 Å². The minimum absolute atomic E-state index is 0.181. The van der Waals surface area contributed by atoms with Crippen molar-refractivity contribution in [2.24, 2.45) is 0 Å². The van der Waals surface area contributed by atoms with Crippen molar-refractivity contribution in [2.45, 2.75) is 13.5 Å². The molecule has 0 saturated carbocycles. The number of benzene rings is 3. The number of rotatable bonds is 7. The number of ether oxygens (including phenoxy) is 2. The van der Waals surface area contributed by atoms with Crippen molar-refractivity contribution in [1.29, 1.82) is 0 Å². The molecule has 0 radical (unpaired) electrons. The molecule has 0 bridgehead atoms. The number of nitrogens with zero attached hydrogens (tertiary/aromatic N) is 3. The fraction of sp³-hybridized carbons (Fsp3) is 0.120. The molecule has 0 unspecified atom stereocenters. The molecule has 0 aliphatic carbocycles. The van der Waals surface area contributed by atoms with Gasteiger partial charge in [0.05, 0.1) is 18.7 Å². The smallest absolute Gasteiger partial charge is 0.465 e. The van der Waals surface area contributed by atoms with Gasteiger partial charge in [0, 0.05) is 5.56 Å². The number of fused-ring (bicyclic) bond motifs is 1. The Morgan fingerprint density at radius 2 is 1.83 bits per heavy atom. The van der Waals surface area contributed by atoms with E-state index in [1.807, 2.05) is 55.5 Å². The van der Waals surface area contributed by atoms with Crippen molar-refractivity contribution in [3.8, 4) is 34.3 Å². The second-order valence-corrected chi connectivity index (χ2v) is 7.59. The third kappa shape index (κ3) is 4.36. The molecule has 2 heterocycles. The first-order valence-corrected chi connectivity index (χ1v) is 10.8. The number of carbonyl (C=O) groups is 1. The van der Waals surface area contributed by atoms with E-state index in [9.17, 15) is 9.59 Å². The lowest BCUT2D eigenvalue weighted by Gasteiger charge is -2.12. The number of aromatic amines is 1. The molecule has 0 amide bonds. The van der Waals surface area contributed by atoms with Crippen molar-refractivity contribution in [3.05, 3.63) is 82.8 Å². The van der Waals surface area contributed by atoms with E-state index in [0.717, 1.165) is 22.3 Å².